The second-order valence-corrected chi connectivity index (χ2v) is 4.78. The Morgan fingerprint density at radius 2 is 2.10 bits per heavy atom. The number of nitrogens with one attached hydrogen (secondary N) is 1. The van der Waals surface area contributed by atoms with Crippen molar-refractivity contribution in [3.05, 3.63) is 35.4 Å². The average molecular weight is 271 g/mol. The molecule has 0 aromatic heterocycles. The molecule has 104 valence electrons. The third kappa shape index (κ3) is 3.58. The van der Waals surface area contributed by atoms with Crippen LogP contribution in [0.1, 0.15) is 35.2 Å². The molecular formula is C15H17N3O2. The summed E-state index contributed by atoms with van der Waals surface area (Å²) in [6.45, 7) is 2.08. The smallest absolute Gasteiger partial charge is 0.251 e. The summed E-state index contributed by atoms with van der Waals surface area (Å²) in [5.41, 5.74) is 1.08. The molecule has 5 heteroatoms. The molecule has 1 fully saturated rings. The van der Waals surface area contributed by atoms with Crippen LogP contribution < -0.4 is 5.32 Å². The third-order valence-electron chi connectivity index (χ3n) is 3.34. The van der Waals surface area contributed by atoms with Crippen molar-refractivity contribution in [2.45, 2.75) is 19.3 Å². The normalized spacial score (nSPS) is 14.2. The Hall–Kier alpha value is -2.35. The number of benzene rings is 1. The molecule has 0 unspecified atom stereocenters. The minimum atomic E-state index is -0.151. The number of carbonyl (C=O) groups excluding carboxylic acids is 2. The van der Waals surface area contributed by atoms with E-state index >= 15 is 0 Å². The van der Waals surface area contributed by atoms with Gasteiger partial charge in [0.2, 0.25) is 5.91 Å². The second-order valence-electron chi connectivity index (χ2n) is 4.78. The molecule has 0 saturated carbocycles. The molecule has 1 aromatic rings. The second kappa shape index (κ2) is 6.71. The summed E-state index contributed by atoms with van der Waals surface area (Å²) in [6, 6.07) is 8.53. The Morgan fingerprint density at radius 3 is 2.70 bits per heavy atom. The molecule has 1 aliphatic heterocycles. The van der Waals surface area contributed by atoms with E-state index in [-0.39, 0.29) is 11.8 Å². The summed E-state index contributed by atoms with van der Waals surface area (Å²) in [6.07, 6.45) is 2.35. The van der Waals surface area contributed by atoms with Gasteiger partial charge in [-0.05, 0) is 37.1 Å². The highest BCUT2D eigenvalue weighted by atomic mass is 16.2. The summed E-state index contributed by atoms with van der Waals surface area (Å²) >= 11 is 0. The van der Waals surface area contributed by atoms with Crippen LogP contribution in [0.5, 0.6) is 0 Å². The van der Waals surface area contributed by atoms with Crippen LogP contribution in [0.15, 0.2) is 24.3 Å². The number of hydrogen-bond acceptors (Lipinski definition) is 3. The Morgan fingerprint density at radius 1 is 1.35 bits per heavy atom. The van der Waals surface area contributed by atoms with Gasteiger partial charge in [0.05, 0.1) is 11.6 Å². The Bertz CT molecular complexity index is 531. The van der Waals surface area contributed by atoms with Crippen LogP contribution in [-0.2, 0) is 4.79 Å². The SMILES string of the molecule is N#Cc1ccc(C(=O)NCCCN2CCCC2=O)cc1. The van der Waals surface area contributed by atoms with E-state index < -0.39 is 0 Å². The van der Waals surface area contributed by atoms with E-state index in [4.69, 9.17) is 5.26 Å². The van der Waals surface area contributed by atoms with E-state index in [0.29, 0.717) is 30.6 Å². The van der Waals surface area contributed by atoms with Crippen LogP contribution in [0.25, 0.3) is 0 Å². The monoisotopic (exact) mass is 271 g/mol. The maximum atomic E-state index is 11.8. The van der Waals surface area contributed by atoms with E-state index in [1.807, 2.05) is 11.0 Å². The predicted octanol–water partition coefficient (Wildman–Crippen LogP) is 1.30. The largest absolute Gasteiger partial charge is 0.352 e. The fourth-order valence-electron chi connectivity index (χ4n) is 2.21. The van der Waals surface area contributed by atoms with Gasteiger partial charge in [0.15, 0.2) is 0 Å². The zero-order chi connectivity index (χ0) is 14.4. The molecule has 0 bridgehead atoms. The molecular weight excluding hydrogens is 254 g/mol. The van der Waals surface area contributed by atoms with Gasteiger partial charge in [-0.15, -0.1) is 0 Å². The first-order valence-corrected chi connectivity index (χ1v) is 6.77. The fraction of sp³-hybridized carbons (Fsp3) is 0.400. The van der Waals surface area contributed by atoms with Gasteiger partial charge in [0.25, 0.3) is 5.91 Å². The lowest BCUT2D eigenvalue weighted by atomic mass is 10.1. The van der Waals surface area contributed by atoms with Crippen LogP contribution in [0.3, 0.4) is 0 Å². The zero-order valence-corrected chi connectivity index (χ0v) is 11.3. The quantitative estimate of drug-likeness (QED) is 0.820. The van der Waals surface area contributed by atoms with Crippen molar-refractivity contribution < 1.29 is 9.59 Å². The number of carbonyl (C=O) groups is 2. The molecule has 0 radical (unpaired) electrons. The first kappa shape index (κ1) is 14.1. The number of nitriles is 1. The van der Waals surface area contributed by atoms with Crippen LogP contribution in [-0.4, -0.2) is 36.3 Å². The van der Waals surface area contributed by atoms with E-state index in [2.05, 4.69) is 5.32 Å². The minimum Gasteiger partial charge on any atom is -0.352 e. The van der Waals surface area contributed by atoms with Crippen LogP contribution in [0.4, 0.5) is 0 Å². The van der Waals surface area contributed by atoms with E-state index in [9.17, 15) is 9.59 Å². The lowest BCUT2D eigenvalue weighted by Crippen LogP contribution is -2.30. The van der Waals surface area contributed by atoms with Gasteiger partial charge in [0, 0.05) is 31.6 Å². The predicted molar refractivity (Wildman–Crippen MR) is 73.9 cm³/mol. The zero-order valence-electron chi connectivity index (χ0n) is 11.3. The molecule has 20 heavy (non-hydrogen) atoms. The van der Waals surface area contributed by atoms with Crippen molar-refractivity contribution in [2.24, 2.45) is 0 Å². The average Bonchev–Trinajstić information content (AvgIpc) is 2.89. The highest BCUT2D eigenvalue weighted by Crippen LogP contribution is 2.09. The van der Waals surface area contributed by atoms with Crippen molar-refractivity contribution in [1.82, 2.24) is 10.2 Å². The first-order valence-electron chi connectivity index (χ1n) is 6.77. The van der Waals surface area contributed by atoms with Crippen molar-refractivity contribution >= 4 is 11.8 Å². The van der Waals surface area contributed by atoms with Crippen LogP contribution in [0.2, 0.25) is 0 Å². The molecule has 2 amide bonds. The highest BCUT2D eigenvalue weighted by Gasteiger charge is 2.19. The van der Waals surface area contributed by atoms with Crippen LogP contribution in [0, 0.1) is 11.3 Å². The molecule has 1 N–H and O–H groups in total. The molecule has 1 saturated heterocycles. The summed E-state index contributed by atoms with van der Waals surface area (Å²) in [7, 11) is 0. The van der Waals surface area contributed by atoms with Crippen molar-refractivity contribution in [2.75, 3.05) is 19.6 Å². The first-order chi connectivity index (χ1) is 9.70. The van der Waals surface area contributed by atoms with Crippen LogP contribution >= 0.6 is 0 Å². The summed E-state index contributed by atoms with van der Waals surface area (Å²) in [4.78, 5) is 25.1. The van der Waals surface area contributed by atoms with Crippen molar-refractivity contribution in [1.29, 1.82) is 5.26 Å². The summed E-state index contributed by atoms with van der Waals surface area (Å²) in [5, 5.41) is 11.5. The summed E-state index contributed by atoms with van der Waals surface area (Å²) in [5.74, 6) is 0.0608. The lowest BCUT2D eigenvalue weighted by Gasteiger charge is -2.15. The van der Waals surface area contributed by atoms with Gasteiger partial charge >= 0.3 is 0 Å². The molecule has 5 nitrogen and oxygen atoms in total. The fourth-order valence-corrected chi connectivity index (χ4v) is 2.21. The number of likely N-dealkylation sites (tertiary alicyclic amines) is 1. The molecule has 1 aliphatic rings. The topological polar surface area (TPSA) is 73.2 Å². The number of rotatable bonds is 5. The van der Waals surface area contributed by atoms with Gasteiger partial charge < -0.3 is 10.2 Å². The Balaban J connectivity index is 1.72. The van der Waals surface area contributed by atoms with Gasteiger partial charge in [-0.1, -0.05) is 0 Å². The highest BCUT2D eigenvalue weighted by molar-refractivity contribution is 5.94. The number of hydrogen-bond donors (Lipinski definition) is 1. The number of nitrogens with zero attached hydrogens (tertiary/aromatic N) is 2. The third-order valence-corrected chi connectivity index (χ3v) is 3.34. The Labute approximate surface area is 118 Å². The molecule has 0 spiro atoms. The standard InChI is InChI=1S/C15H17N3O2/c16-11-12-4-6-13(7-5-12)15(20)17-8-2-10-18-9-1-3-14(18)19/h4-7H,1-3,8-10H2,(H,17,20). The van der Waals surface area contributed by atoms with E-state index in [0.717, 1.165) is 19.4 Å². The van der Waals surface area contributed by atoms with Gasteiger partial charge in [-0.25, -0.2) is 0 Å². The van der Waals surface area contributed by atoms with E-state index in [1.165, 1.54) is 0 Å². The number of amides is 2. The Kier molecular flexibility index (Phi) is 4.72. The minimum absolute atomic E-state index is 0.151. The molecule has 0 aliphatic carbocycles. The lowest BCUT2D eigenvalue weighted by molar-refractivity contribution is -0.127. The molecule has 1 aromatic carbocycles. The van der Waals surface area contributed by atoms with Gasteiger partial charge in [-0.2, -0.15) is 5.26 Å². The van der Waals surface area contributed by atoms with E-state index in [1.54, 1.807) is 24.3 Å². The van der Waals surface area contributed by atoms with Gasteiger partial charge in [-0.3, -0.25) is 9.59 Å². The van der Waals surface area contributed by atoms with Gasteiger partial charge in [0.1, 0.15) is 0 Å². The maximum absolute atomic E-state index is 11.8. The van der Waals surface area contributed by atoms with Crippen molar-refractivity contribution in [3.8, 4) is 6.07 Å². The summed E-state index contributed by atoms with van der Waals surface area (Å²) < 4.78 is 0. The maximum Gasteiger partial charge on any atom is 0.251 e. The molecule has 0 atom stereocenters. The molecule has 2 rings (SSSR count). The van der Waals surface area contributed by atoms with Crippen molar-refractivity contribution in [3.63, 3.8) is 0 Å². The molecule has 1 heterocycles.